The van der Waals surface area contributed by atoms with Gasteiger partial charge in [-0.15, -0.1) is 11.6 Å². The van der Waals surface area contributed by atoms with Crippen molar-refractivity contribution in [2.75, 3.05) is 19.0 Å². The molecule has 0 aromatic heterocycles. The van der Waals surface area contributed by atoms with E-state index in [1.807, 2.05) is 6.07 Å². The molecule has 19 heavy (non-hydrogen) atoms. The average Bonchev–Trinajstić information content (AvgIpc) is 2.43. The van der Waals surface area contributed by atoms with Crippen LogP contribution < -0.4 is 10.1 Å². The molecule has 1 aliphatic rings. The molecular weight excluding hydrogens is 258 g/mol. The van der Waals surface area contributed by atoms with Crippen LogP contribution in [0.15, 0.2) is 24.3 Å². The number of rotatable bonds is 6. The average molecular weight is 282 g/mol. The smallest absolute Gasteiger partial charge is 0.122 e. The summed E-state index contributed by atoms with van der Waals surface area (Å²) in [5.74, 6) is 2.95. The van der Waals surface area contributed by atoms with Gasteiger partial charge in [0.15, 0.2) is 0 Å². The molecule has 0 fully saturated rings. The van der Waals surface area contributed by atoms with Crippen molar-refractivity contribution >= 4 is 11.6 Å². The van der Waals surface area contributed by atoms with E-state index in [-0.39, 0.29) is 0 Å². The molecular formula is C16H24ClNO. The number of ether oxygens (including phenoxy) is 1. The van der Waals surface area contributed by atoms with Crippen molar-refractivity contribution in [3.05, 3.63) is 29.8 Å². The second-order valence-corrected chi connectivity index (χ2v) is 5.99. The second-order valence-electron chi connectivity index (χ2n) is 5.61. The fourth-order valence-electron chi connectivity index (χ4n) is 2.71. The molecule has 0 radical (unpaired) electrons. The summed E-state index contributed by atoms with van der Waals surface area (Å²) in [5, 5.41) is 3.69. The summed E-state index contributed by atoms with van der Waals surface area (Å²) in [7, 11) is 0. The molecule has 2 nitrogen and oxygen atoms in total. The molecule has 2 atom stereocenters. The lowest BCUT2D eigenvalue weighted by Gasteiger charge is -2.29. The van der Waals surface area contributed by atoms with E-state index < -0.39 is 0 Å². The summed E-state index contributed by atoms with van der Waals surface area (Å²) in [6.07, 6.45) is 2.12. The summed E-state index contributed by atoms with van der Waals surface area (Å²) in [5.41, 5.74) is 1.34. The van der Waals surface area contributed by atoms with Gasteiger partial charge in [-0.3, -0.25) is 0 Å². The molecule has 2 unspecified atom stereocenters. The first-order valence-electron chi connectivity index (χ1n) is 7.23. The van der Waals surface area contributed by atoms with E-state index in [0.29, 0.717) is 17.9 Å². The first-order chi connectivity index (χ1) is 9.22. The van der Waals surface area contributed by atoms with Crippen LogP contribution in [0.3, 0.4) is 0 Å². The Morgan fingerprint density at radius 2 is 2.16 bits per heavy atom. The fourth-order valence-corrected chi connectivity index (χ4v) is 2.95. The summed E-state index contributed by atoms with van der Waals surface area (Å²) in [6, 6.07) is 8.90. The Morgan fingerprint density at radius 3 is 2.89 bits per heavy atom. The fraction of sp³-hybridized carbons (Fsp3) is 0.625. The Balaban J connectivity index is 1.97. The Bertz CT molecular complexity index is 394. The highest BCUT2D eigenvalue weighted by atomic mass is 35.5. The van der Waals surface area contributed by atoms with Crippen LogP contribution in [0.25, 0.3) is 0 Å². The van der Waals surface area contributed by atoms with Crippen LogP contribution in [0, 0.1) is 5.92 Å². The lowest BCUT2D eigenvalue weighted by atomic mass is 9.92. The standard InChI is InChI=1S/C16H24ClNO/c1-12(2)15(7-9-17)18-11-13-8-10-19-16-6-4-3-5-14(13)16/h3-6,12-13,15,18H,7-11H2,1-2H3. The minimum atomic E-state index is 0.507. The van der Waals surface area contributed by atoms with Crippen molar-refractivity contribution in [3.63, 3.8) is 0 Å². The number of benzene rings is 1. The molecule has 1 N–H and O–H groups in total. The van der Waals surface area contributed by atoms with E-state index >= 15 is 0 Å². The zero-order valence-corrected chi connectivity index (χ0v) is 12.6. The maximum Gasteiger partial charge on any atom is 0.122 e. The van der Waals surface area contributed by atoms with Crippen LogP contribution in [0.1, 0.15) is 38.2 Å². The number of fused-ring (bicyclic) bond motifs is 1. The van der Waals surface area contributed by atoms with Crippen molar-refractivity contribution in [1.29, 1.82) is 0 Å². The third kappa shape index (κ3) is 3.87. The molecule has 0 aliphatic carbocycles. The second kappa shape index (κ2) is 7.16. The maximum atomic E-state index is 5.88. The topological polar surface area (TPSA) is 21.3 Å². The van der Waals surface area contributed by atoms with Crippen LogP contribution in [0.2, 0.25) is 0 Å². The first kappa shape index (κ1) is 14.7. The lowest BCUT2D eigenvalue weighted by Crippen LogP contribution is -2.38. The normalized spacial score (nSPS) is 19.9. The van der Waals surface area contributed by atoms with Gasteiger partial charge in [-0.1, -0.05) is 32.0 Å². The predicted octanol–water partition coefficient (Wildman–Crippen LogP) is 3.80. The van der Waals surface area contributed by atoms with Crippen molar-refractivity contribution in [2.45, 2.75) is 38.6 Å². The maximum absolute atomic E-state index is 5.88. The Morgan fingerprint density at radius 1 is 1.37 bits per heavy atom. The molecule has 0 bridgehead atoms. The molecule has 2 rings (SSSR count). The van der Waals surface area contributed by atoms with E-state index in [1.165, 1.54) is 5.56 Å². The highest BCUT2D eigenvalue weighted by molar-refractivity contribution is 6.17. The van der Waals surface area contributed by atoms with Crippen molar-refractivity contribution in [2.24, 2.45) is 5.92 Å². The van der Waals surface area contributed by atoms with E-state index in [2.05, 4.69) is 37.4 Å². The van der Waals surface area contributed by atoms with Crippen LogP contribution in [-0.2, 0) is 0 Å². The van der Waals surface area contributed by atoms with Crippen LogP contribution in [-0.4, -0.2) is 25.1 Å². The molecule has 1 aliphatic heterocycles. The van der Waals surface area contributed by atoms with E-state index in [9.17, 15) is 0 Å². The predicted molar refractivity (Wildman–Crippen MR) is 81.3 cm³/mol. The molecule has 1 aromatic carbocycles. The lowest BCUT2D eigenvalue weighted by molar-refractivity contribution is 0.258. The first-order valence-corrected chi connectivity index (χ1v) is 7.77. The molecule has 0 spiro atoms. The van der Waals surface area contributed by atoms with Gasteiger partial charge < -0.3 is 10.1 Å². The number of nitrogens with one attached hydrogen (secondary N) is 1. The third-order valence-corrected chi connectivity index (χ3v) is 4.15. The van der Waals surface area contributed by atoms with Crippen LogP contribution in [0.5, 0.6) is 5.75 Å². The van der Waals surface area contributed by atoms with E-state index in [4.69, 9.17) is 16.3 Å². The van der Waals surface area contributed by atoms with Gasteiger partial charge >= 0.3 is 0 Å². The van der Waals surface area contributed by atoms with Gasteiger partial charge in [0.05, 0.1) is 6.61 Å². The molecule has 0 saturated carbocycles. The number of para-hydroxylation sites is 1. The van der Waals surface area contributed by atoms with Gasteiger partial charge in [0.25, 0.3) is 0 Å². The van der Waals surface area contributed by atoms with Gasteiger partial charge in [0, 0.05) is 24.4 Å². The third-order valence-electron chi connectivity index (χ3n) is 3.93. The largest absolute Gasteiger partial charge is 0.493 e. The SMILES string of the molecule is CC(C)C(CCCl)NCC1CCOc2ccccc21. The van der Waals surface area contributed by atoms with Gasteiger partial charge in [0.1, 0.15) is 5.75 Å². The number of hydrogen-bond donors (Lipinski definition) is 1. The molecule has 1 heterocycles. The molecule has 1 aromatic rings. The number of halogens is 1. The van der Waals surface area contributed by atoms with Gasteiger partial charge in [0.2, 0.25) is 0 Å². The summed E-state index contributed by atoms with van der Waals surface area (Å²) < 4.78 is 5.71. The van der Waals surface area contributed by atoms with Gasteiger partial charge in [-0.2, -0.15) is 0 Å². The zero-order valence-electron chi connectivity index (χ0n) is 11.9. The molecule has 106 valence electrons. The Hall–Kier alpha value is -0.730. The van der Waals surface area contributed by atoms with Crippen molar-refractivity contribution < 1.29 is 4.74 Å². The Labute approximate surface area is 121 Å². The van der Waals surface area contributed by atoms with E-state index in [0.717, 1.165) is 37.6 Å². The van der Waals surface area contributed by atoms with Crippen LogP contribution >= 0.6 is 11.6 Å². The monoisotopic (exact) mass is 281 g/mol. The molecule has 3 heteroatoms. The minimum absolute atomic E-state index is 0.507. The molecule has 0 saturated heterocycles. The number of alkyl halides is 1. The van der Waals surface area contributed by atoms with Gasteiger partial charge in [-0.25, -0.2) is 0 Å². The van der Waals surface area contributed by atoms with E-state index in [1.54, 1.807) is 0 Å². The zero-order chi connectivity index (χ0) is 13.7. The Kier molecular flexibility index (Phi) is 5.53. The number of hydrogen-bond acceptors (Lipinski definition) is 2. The van der Waals surface area contributed by atoms with Crippen molar-refractivity contribution in [1.82, 2.24) is 5.32 Å². The summed E-state index contributed by atoms with van der Waals surface area (Å²) in [4.78, 5) is 0. The van der Waals surface area contributed by atoms with Gasteiger partial charge in [-0.05, 0) is 30.4 Å². The van der Waals surface area contributed by atoms with Crippen LogP contribution in [0.4, 0.5) is 0 Å². The summed E-state index contributed by atoms with van der Waals surface area (Å²) in [6.45, 7) is 6.34. The summed E-state index contributed by atoms with van der Waals surface area (Å²) >= 11 is 5.88. The highest BCUT2D eigenvalue weighted by Gasteiger charge is 2.22. The minimum Gasteiger partial charge on any atom is -0.493 e. The van der Waals surface area contributed by atoms with Crippen molar-refractivity contribution in [3.8, 4) is 5.75 Å². The quantitative estimate of drug-likeness (QED) is 0.801. The molecule has 0 amide bonds. The highest BCUT2D eigenvalue weighted by Crippen LogP contribution is 2.32.